The zero-order valence-corrected chi connectivity index (χ0v) is 8.04. The van der Waals surface area contributed by atoms with Crippen LogP contribution in [0.4, 0.5) is 5.82 Å². The van der Waals surface area contributed by atoms with E-state index in [1.165, 1.54) is 0 Å². The first-order valence-electron chi connectivity index (χ1n) is 3.42. The van der Waals surface area contributed by atoms with Gasteiger partial charge < -0.3 is 5.73 Å². The summed E-state index contributed by atoms with van der Waals surface area (Å²) in [5.74, 6) is 0.515. The first-order valence-corrected chi connectivity index (χ1v) is 4.21. The van der Waals surface area contributed by atoms with Gasteiger partial charge in [0.15, 0.2) is 11.5 Å². The number of pyridine rings is 1. The van der Waals surface area contributed by atoms with E-state index < -0.39 is 0 Å². The number of fused-ring (bicyclic) bond motifs is 1. The van der Waals surface area contributed by atoms with Crippen LogP contribution in [0.5, 0.6) is 0 Å². The van der Waals surface area contributed by atoms with Crippen LogP contribution in [-0.2, 0) is 7.05 Å². The molecule has 0 atom stereocenters. The molecule has 0 aromatic carbocycles. The summed E-state index contributed by atoms with van der Waals surface area (Å²) in [7, 11) is 1.82. The predicted molar refractivity (Wildman–Crippen MR) is 50.6 cm³/mol. The van der Waals surface area contributed by atoms with Crippen molar-refractivity contribution in [3.63, 3.8) is 0 Å². The predicted octanol–water partition coefficient (Wildman–Crippen LogP) is 1.31. The number of aromatic nitrogens is 3. The van der Waals surface area contributed by atoms with Gasteiger partial charge in [-0.05, 0) is 22.0 Å². The quantitative estimate of drug-likeness (QED) is 0.738. The Bertz CT molecular complexity index is 434. The molecule has 2 aromatic rings. The molecule has 0 unspecified atom stereocenters. The highest BCUT2D eigenvalue weighted by Crippen LogP contribution is 2.21. The van der Waals surface area contributed by atoms with E-state index in [9.17, 15) is 0 Å². The number of hydrogen-bond donors (Lipinski definition) is 1. The van der Waals surface area contributed by atoms with Gasteiger partial charge in [0, 0.05) is 17.7 Å². The summed E-state index contributed by atoms with van der Waals surface area (Å²) < 4.78 is 2.58. The first kappa shape index (κ1) is 7.54. The molecule has 4 nitrogen and oxygen atoms in total. The average molecular weight is 227 g/mol. The molecule has 0 amide bonds. The minimum absolute atomic E-state index is 0.515. The second-order valence-corrected chi connectivity index (χ2v) is 3.45. The van der Waals surface area contributed by atoms with Crippen molar-refractivity contribution in [2.75, 3.05) is 5.73 Å². The summed E-state index contributed by atoms with van der Waals surface area (Å²) in [5.41, 5.74) is 6.45. The van der Waals surface area contributed by atoms with Crippen LogP contribution < -0.4 is 5.73 Å². The van der Waals surface area contributed by atoms with E-state index in [1.807, 2.05) is 13.1 Å². The molecule has 12 heavy (non-hydrogen) atoms. The smallest absolute Gasteiger partial charge is 0.159 e. The Morgan fingerprint density at radius 1 is 1.58 bits per heavy atom. The third kappa shape index (κ3) is 0.972. The molecule has 2 N–H and O–H groups in total. The third-order valence-corrected chi connectivity index (χ3v) is 2.11. The highest BCUT2D eigenvalue weighted by atomic mass is 79.9. The fourth-order valence-electron chi connectivity index (χ4n) is 1.14. The van der Waals surface area contributed by atoms with Crippen molar-refractivity contribution in [1.29, 1.82) is 0 Å². The Hall–Kier alpha value is -1.10. The van der Waals surface area contributed by atoms with Crippen LogP contribution in [-0.4, -0.2) is 14.8 Å². The van der Waals surface area contributed by atoms with Crippen LogP contribution in [0, 0.1) is 0 Å². The molecule has 0 saturated heterocycles. The summed E-state index contributed by atoms with van der Waals surface area (Å²) in [4.78, 5) is 4.17. The van der Waals surface area contributed by atoms with Crippen LogP contribution in [0.15, 0.2) is 16.7 Å². The van der Waals surface area contributed by atoms with Gasteiger partial charge >= 0.3 is 0 Å². The monoisotopic (exact) mass is 226 g/mol. The van der Waals surface area contributed by atoms with Gasteiger partial charge in [-0.1, -0.05) is 0 Å². The molecule has 0 fully saturated rings. The highest BCUT2D eigenvalue weighted by Gasteiger charge is 2.05. The van der Waals surface area contributed by atoms with E-state index in [4.69, 9.17) is 5.73 Å². The summed E-state index contributed by atoms with van der Waals surface area (Å²) in [6, 6.07) is 1.91. The van der Waals surface area contributed by atoms with Crippen molar-refractivity contribution in [3.8, 4) is 0 Å². The van der Waals surface area contributed by atoms with Gasteiger partial charge in [-0.25, -0.2) is 9.67 Å². The number of rotatable bonds is 0. The first-order chi connectivity index (χ1) is 5.68. The summed E-state index contributed by atoms with van der Waals surface area (Å²) in [5, 5.41) is 4.92. The van der Waals surface area contributed by atoms with Crippen molar-refractivity contribution in [2.45, 2.75) is 0 Å². The SMILES string of the molecule is Cn1nc(N)c2cc(Br)cnc21. The van der Waals surface area contributed by atoms with Crippen LogP contribution in [0.1, 0.15) is 0 Å². The van der Waals surface area contributed by atoms with E-state index in [0.29, 0.717) is 5.82 Å². The number of nitrogen functional groups attached to an aromatic ring is 1. The van der Waals surface area contributed by atoms with Gasteiger partial charge in [0.25, 0.3) is 0 Å². The molecule has 0 saturated carbocycles. The Labute approximate surface area is 77.5 Å². The van der Waals surface area contributed by atoms with Gasteiger partial charge in [0.05, 0.1) is 5.39 Å². The number of aryl methyl sites for hydroxylation is 1. The maximum Gasteiger partial charge on any atom is 0.159 e. The number of halogens is 1. The molecule has 0 aliphatic heterocycles. The number of nitrogens with two attached hydrogens (primary N) is 1. The molecule has 2 aromatic heterocycles. The topological polar surface area (TPSA) is 56.7 Å². The second kappa shape index (κ2) is 2.45. The minimum Gasteiger partial charge on any atom is -0.382 e. The van der Waals surface area contributed by atoms with Crippen molar-refractivity contribution in [3.05, 3.63) is 16.7 Å². The highest BCUT2D eigenvalue weighted by molar-refractivity contribution is 9.10. The Kier molecular flexibility index (Phi) is 1.54. The Balaban J connectivity index is 2.90. The van der Waals surface area contributed by atoms with E-state index in [2.05, 4.69) is 26.0 Å². The van der Waals surface area contributed by atoms with Crippen LogP contribution in [0.3, 0.4) is 0 Å². The Morgan fingerprint density at radius 2 is 2.33 bits per heavy atom. The molecule has 2 rings (SSSR count). The van der Waals surface area contributed by atoms with Crippen molar-refractivity contribution < 1.29 is 0 Å². The van der Waals surface area contributed by atoms with Gasteiger partial charge in [-0.2, -0.15) is 5.10 Å². The lowest BCUT2D eigenvalue weighted by Gasteiger charge is -1.92. The normalized spacial score (nSPS) is 10.8. The minimum atomic E-state index is 0.515. The number of nitrogens with zero attached hydrogens (tertiary/aromatic N) is 3. The Morgan fingerprint density at radius 3 is 3.08 bits per heavy atom. The molecule has 0 bridgehead atoms. The van der Waals surface area contributed by atoms with Crippen LogP contribution in [0.2, 0.25) is 0 Å². The van der Waals surface area contributed by atoms with Crippen molar-refractivity contribution >= 4 is 32.8 Å². The van der Waals surface area contributed by atoms with Gasteiger partial charge in [0.2, 0.25) is 0 Å². The van der Waals surface area contributed by atoms with E-state index in [0.717, 1.165) is 15.5 Å². The van der Waals surface area contributed by atoms with Crippen LogP contribution in [0.25, 0.3) is 11.0 Å². The van der Waals surface area contributed by atoms with Crippen molar-refractivity contribution in [1.82, 2.24) is 14.8 Å². The lowest BCUT2D eigenvalue weighted by molar-refractivity contribution is 0.791. The van der Waals surface area contributed by atoms with Gasteiger partial charge in [-0.3, -0.25) is 0 Å². The maximum absolute atomic E-state index is 5.65. The van der Waals surface area contributed by atoms with E-state index in [1.54, 1.807) is 10.9 Å². The molecular formula is C7H7BrN4. The molecule has 62 valence electrons. The fraction of sp³-hybridized carbons (Fsp3) is 0.143. The van der Waals surface area contributed by atoms with Gasteiger partial charge in [-0.15, -0.1) is 0 Å². The molecule has 5 heteroatoms. The number of anilines is 1. The maximum atomic E-state index is 5.65. The lowest BCUT2D eigenvalue weighted by atomic mass is 10.3. The zero-order valence-electron chi connectivity index (χ0n) is 6.45. The molecular weight excluding hydrogens is 220 g/mol. The molecule has 0 aliphatic carbocycles. The lowest BCUT2D eigenvalue weighted by Crippen LogP contribution is -1.92. The van der Waals surface area contributed by atoms with Crippen LogP contribution >= 0.6 is 15.9 Å². The molecule has 2 heterocycles. The van der Waals surface area contributed by atoms with Crippen molar-refractivity contribution in [2.24, 2.45) is 7.05 Å². The zero-order chi connectivity index (χ0) is 8.72. The van der Waals surface area contributed by atoms with Gasteiger partial charge in [0.1, 0.15) is 0 Å². The number of hydrogen-bond acceptors (Lipinski definition) is 3. The fourth-order valence-corrected chi connectivity index (χ4v) is 1.47. The standard InChI is InChI=1S/C7H7BrN4/c1-12-7-5(6(9)11-12)2-4(8)3-10-7/h2-3H,1H3,(H2,9,11). The largest absolute Gasteiger partial charge is 0.382 e. The average Bonchev–Trinajstić information content (AvgIpc) is 2.28. The third-order valence-electron chi connectivity index (χ3n) is 1.67. The van der Waals surface area contributed by atoms with E-state index >= 15 is 0 Å². The molecule has 0 spiro atoms. The summed E-state index contributed by atoms with van der Waals surface area (Å²) in [6.07, 6.45) is 1.73. The molecule has 0 radical (unpaired) electrons. The van der Waals surface area contributed by atoms with E-state index in [-0.39, 0.29) is 0 Å². The summed E-state index contributed by atoms with van der Waals surface area (Å²) in [6.45, 7) is 0. The second-order valence-electron chi connectivity index (χ2n) is 2.53. The summed E-state index contributed by atoms with van der Waals surface area (Å²) >= 11 is 3.32. The molecule has 0 aliphatic rings.